The van der Waals surface area contributed by atoms with Crippen molar-refractivity contribution in [3.05, 3.63) is 27.8 Å². The van der Waals surface area contributed by atoms with Crippen LogP contribution in [-0.4, -0.2) is 54.9 Å². The SMILES string of the molecule is CCNC(=NCC(O)COc1ccc(I)cc1)N1CCCC1.I. The first-order valence-corrected chi connectivity index (χ1v) is 8.86. The summed E-state index contributed by atoms with van der Waals surface area (Å²) in [5.41, 5.74) is 0. The summed E-state index contributed by atoms with van der Waals surface area (Å²) >= 11 is 2.25. The summed E-state index contributed by atoms with van der Waals surface area (Å²) in [7, 11) is 0. The van der Waals surface area contributed by atoms with E-state index in [2.05, 4.69) is 44.7 Å². The van der Waals surface area contributed by atoms with Gasteiger partial charge in [0, 0.05) is 23.2 Å². The third-order valence-electron chi connectivity index (χ3n) is 3.45. The highest BCUT2D eigenvalue weighted by atomic mass is 127. The van der Waals surface area contributed by atoms with Crippen molar-refractivity contribution >= 4 is 52.5 Å². The molecule has 0 amide bonds. The van der Waals surface area contributed by atoms with Crippen LogP contribution in [0.25, 0.3) is 0 Å². The predicted octanol–water partition coefficient (Wildman–Crippen LogP) is 2.71. The van der Waals surface area contributed by atoms with Crippen LogP contribution in [-0.2, 0) is 0 Å². The second-order valence-electron chi connectivity index (χ2n) is 5.31. The molecule has 0 spiro atoms. The molecule has 5 nitrogen and oxygen atoms in total. The first kappa shape index (κ1) is 20.8. The highest BCUT2D eigenvalue weighted by Crippen LogP contribution is 2.13. The zero-order chi connectivity index (χ0) is 15.8. The molecule has 0 saturated carbocycles. The lowest BCUT2D eigenvalue weighted by atomic mass is 10.3. The molecule has 2 rings (SSSR count). The third kappa shape index (κ3) is 7.42. The van der Waals surface area contributed by atoms with Crippen LogP contribution >= 0.6 is 46.6 Å². The van der Waals surface area contributed by atoms with Crippen LogP contribution in [0, 0.1) is 3.57 Å². The largest absolute Gasteiger partial charge is 0.491 e. The molecule has 1 heterocycles. The van der Waals surface area contributed by atoms with Crippen molar-refractivity contribution in [2.45, 2.75) is 25.9 Å². The molecular weight excluding hydrogens is 520 g/mol. The number of likely N-dealkylation sites (tertiary alicyclic amines) is 1. The van der Waals surface area contributed by atoms with Gasteiger partial charge in [-0.3, -0.25) is 4.99 Å². The normalized spacial score (nSPS) is 16.0. The van der Waals surface area contributed by atoms with Gasteiger partial charge in [0.25, 0.3) is 0 Å². The number of nitrogens with zero attached hydrogens (tertiary/aromatic N) is 2. The molecule has 1 fully saturated rings. The Hall–Kier alpha value is -0.290. The number of aliphatic imine (C=N–C) groups is 1. The van der Waals surface area contributed by atoms with Gasteiger partial charge < -0.3 is 20.1 Å². The second kappa shape index (κ2) is 11.3. The third-order valence-corrected chi connectivity index (χ3v) is 4.17. The van der Waals surface area contributed by atoms with Crippen LogP contribution in [0.5, 0.6) is 5.75 Å². The van der Waals surface area contributed by atoms with Crippen LogP contribution in [0.2, 0.25) is 0 Å². The molecule has 1 aliphatic heterocycles. The molecule has 0 bridgehead atoms. The van der Waals surface area contributed by atoms with E-state index in [0.717, 1.165) is 34.9 Å². The molecule has 23 heavy (non-hydrogen) atoms. The average Bonchev–Trinajstić information content (AvgIpc) is 3.05. The summed E-state index contributed by atoms with van der Waals surface area (Å²) in [5.74, 6) is 1.67. The maximum Gasteiger partial charge on any atom is 0.194 e. The number of hydrogen-bond acceptors (Lipinski definition) is 3. The lowest BCUT2D eigenvalue weighted by Gasteiger charge is -2.21. The fraction of sp³-hybridized carbons (Fsp3) is 0.562. The van der Waals surface area contributed by atoms with E-state index in [-0.39, 0.29) is 30.6 Å². The molecule has 1 saturated heterocycles. The van der Waals surface area contributed by atoms with Crippen LogP contribution in [0.15, 0.2) is 29.3 Å². The van der Waals surface area contributed by atoms with Crippen LogP contribution in [0.1, 0.15) is 19.8 Å². The standard InChI is InChI=1S/C16H24IN3O2.HI/c1-2-18-16(20-9-3-4-10-20)19-11-14(21)12-22-15-7-5-13(17)6-8-15;/h5-8,14,21H,2-4,9-12H2,1H3,(H,18,19);1H. The van der Waals surface area contributed by atoms with Crippen molar-refractivity contribution in [1.82, 2.24) is 10.2 Å². The monoisotopic (exact) mass is 545 g/mol. The maximum atomic E-state index is 10.0. The van der Waals surface area contributed by atoms with Gasteiger partial charge in [-0.15, -0.1) is 24.0 Å². The van der Waals surface area contributed by atoms with Crippen molar-refractivity contribution in [2.24, 2.45) is 4.99 Å². The van der Waals surface area contributed by atoms with Crippen molar-refractivity contribution < 1.29 is 9.84 Å². The molecule has 1 aromatic rings. The Morgan fingerprint density at radius 3 is 2.61 bits per heavy atom. The highest BCUT2D eigenvalue weighted by molar-refractivity contribution is 14.1. The van der Waals surface area contributed by atoms with Gasteiger partial charge in [0.1, 0.15) is 18.5 Å². The number of rotatable bonds is 6. The summed E-state index contributed by atoms with van der Waals surface area (Å²) in [6.07, 6.45) is 1.82. The first-order valence-electron chi connectivity index (χ1n) is 7.78. The van der Waals surface area contributed by atoms with Gasteiger partial charge in [-0.25, -0.2) is 0 Å². The number of guanidine groups is 1. The Bertz CT molecular complexity index is 477. The number of nitrogens with one attached hydrogen (secondary N) is 1. The molecule has 2 N–H and O–H groups in total. The highest BCUT2D eigenvalue weighted by Gasteiger charge is 2.16. The predicted molar refractivity (Wildman–Crippen MR) is 113 cm³/mol. The lowest BCUT2D eigenvalue weighted by Crippen LogP contribution is -2.40. The lowest BCUT2D eigenvalue weighted by molar-refractivity contribution is 0.114. The Morgan fingerprint density at radius 1 is 1.35 bits per heavy atom. The molecule has 0 aliphatic carbocycles. The summed E-state index contributed by atoms with van der Waals surface area (Å²) in [5, 5.41) is 13.3. The number of halogens is 2. The van der Waals surface area contributed by atoms with E-state index >= 15 is 0 Å². The molecule has 0 aromatic heterocycles. The molecule has 1 aliphatic rings. The topological polar surface area (TPSA) is 57.1 Å². The van der Waals surface area contributed by atoms with E-state index in [1.54, 1.807) is 0 Å². The van der Waals surface area contributed by atoms with Gasteiger partial charge in [-0.05, 0) is 66.6 Å². The van der Waals surface area contributed by atoms with Crippen molar-refractivity contribution in [2.75, 3.05) is 32.8 Å². The molecule has 7 heteroatoms. The van der Waals surface area contributed by atoms with Gasteiger partial charge >= 0.3 is 0 Å². The van der Waals surface area contributed by atoms with Crippen molar-refractivity contribution in [3.8, 4) is 5.75 Å². The number of ether oxygens (including phenoxy) is 1. The summed E-state index contributed by atoms with van der Waals surface area (Å²) < 4.78 is 6.75. The Labute approximate surface area is 169 Å². The van der Waals surface area contributed by atoms with E-state index in [1.807, 2.05) is 24.3 Å². The maximum absolute atomic E-state index is 10.0. The van der Waals surface area contributed by atoms with Gasteiger partial charge in [0.15, 0.2) is 5.96 Å². The number of aliphatic hydroxyl groups excluding tert-OH is 1. The van der Waals surface area contributed by atoms with Crippen molar-refractivity contribution in [1.29, 1.82) is 0 Å². The first-order chi connectivity index (χ1) is 10.7. The van der Waals surface area contributed by atoms with Gasteiger partial charge in [0.05, 0.1) is 6.54 Å². The van der Waals surface area contributed by atoms with Crippen LogP contribution in [0.3, 0.4) is 0 Å². The van der Waals surface area contributed by atoms with Crippen LogP contribution < -0.4 is 10.1 Å². The molecule has 0 radical (unpaired) electrons. The van der Waals surface area contributed by atoms with Crippen molar-refractivity contribution in [3.63, 3.8) is 0 Å². The smallest absolute Gasteiger partial charge is 0.194 e. The van der Waals surface area contributed by atoms with Gasteiger partial charge in [-0.2, -0.15) is 0 Å². The molecule has 130 valence electrons. The minimum Gasteiger partial charge on any atom is -0.491 e. The summed E-state index contributed by atoms with van der Waals surface area (Å²) in [4.78, 5) is 6.77. The summed E-state index contributed by atoms with van der Waals surface area (Å²) in [6.45, 7) is 5.58. The molecule has 1 unspecified atom stereocenters. The zero-order valence-corrected chi connectivity index (χ0v) is 17.9. The number of benzene rings is 1. The minimum absolute atomic E-state index is 0. The number of hydrogen-bond donors (Lipinski definition) is 2. The minimum atomic E-state index is -0.601. The van der Waals surface area contributed by atoms with Gasteiger partial charge in [-0.1, -0.05) is 0 Å². The molecule has 1 aromatic carbocycles. The fourth-order valence-electron chi connectivity index (χ4n) is 2.32. The fourth-order valence-corrected chi connectivity index (χ4v) is 2.68. The average molecular weight is 545 g/mol. The van der Waals surface area contributed by atoms with E-state index in [0.29, 0.717) is 6.54 Å². The number of aliphatic hydroxyl groups is 1. The molecular formula is C16H25I2N3O2. The Morgan fingerprint density at radius 2 is 2.00 bits per heavy atom. The summed E-state index contributed by atoms with van der Waals surface area (Å²) in [6, 6.07) is 7.78. The van der Waals surface area contributed by atoms with E-state index < -0.39 is 6.10 Å². The van der Waals surface area contributed by atoms with E-state index in [9.17, 15) is 5.11 Å². The zero-order valence-electron chi connectivity index (χ0n) is 13.4. The quantitative estimate of drug-likeness (QED) is 0.328. The van der Waals surface area contributed by atoms with Crippen LogP contribution in [0.4, 0.5) is 0 Å². The van der Waals surface area contributed by atoms with E-state index in [4.69, 9.17) is 4.74 Å². The molecule has 1 atom stereocenters. The van der Waals surface area contributed by atoms with Gasteiger partial charge in [0.2, 0.25) is 0 Å². The second-order valence-corrected chi connectivity index (χ2v) is 6.55. The van der Waals surface area contributed by atoms with E-state index in [1.165, 1.54) is 12.8 Å². The Balaban J connectivity index is 0.00000264. The Kier molecular flexibility index (Phi) is 10.2.